The number of likely N-dealkylation sites (N-methyl/N-ethyl adjacent to an activating group) is 1. The van der Waals surface area contributed by atoms with Crippen LogP contribution in [-0.2, 0) is 39.2 Å². The second-order valence-corrected chi connectivity index (χ2v) is 12.2. The molecular weight excluding hydrogens is 536 g/mol. The molecule has 8 heteroatoms. The molecule has 3 atom stereocenters. The van der Waals surface area contributed by atoms with Crippen LogP contribution in [0.25, 0.3) is 0 Å². The van der Waals surface area contributed by atoms with E-state index in [1.165, 1.54) is 5.56 Å². The summed E-state index contributed by atoms with van der Waals surface area (Å²) in [6.07, 6.45) is -0.110. The molecule has 1 aliphatic heterocycles. The van der Waals surface area contributed by atoms with Gasteiger partial charge in [-0.3, -0.25) is 4.90 Å². The maximum absolute atomic E-state index is 12.6. The molecule has 0 aromatic heterocycles. The first-order valence-corrected chi connectivity index (χ1v) is 15.2. The molecule has 5 rings (SSSR count). The van der Waals surface area contributed by atoms with Crippen LogP contribution in [0.15, 0.2) is 114 Å². The third-order valence-electron chi connectivity index (χ3n) is 7.20. The Bertz CT molecular complexity index is 1480. The molecule has 41 heavy (non-hydrogen) atoms. The van der Waals surface area contributed by atoms with Crippen molar-refractivity contribution in [3.8, 4) is 0 Å². The average molecular weight is 573 g/mol. The minimum Gasteiger partial charge on any atom is -0.392 e. The minimum absolute atomic E-state index is 0.00169. The molecule has 2 N–H and O–H groups in total. The van der Waals surface area contributed by atoms with Gasteiger partial charge in [0.15, 0.2) is 6.29 Å². The van der Waals surface area contributed by atoms with E-state index in [-0.39, 0.29) is 30.3 Å². The van der Waals surface area contributed by atoms with Gasteiger partial charge in [0.05, 0.1) is 23.7 Å². The number of sulfonamides is 1. The molecule has 0 aliphatic carbocycles. The Hall–Kier alpha value is -3.37. The molecule has 0 radical (unpaired) electrons. The zero-order valence-corrected chi connectivity index (χ0v) is 23.9. The first-order valence-electron chi connectivity index (χ1n) is 13.8. The predicted octanol–water partition coefficient (Wildman–Crippen LogP) is 5.33. The fraction of sp³-hybridized carbons (Fsp3) is 0.273. The summed E-state index contributed by atoms with van der Waals surface area (Å²) in [4.78, 5) is 2.50. The Morgan fingerprint density at radius 2 is 1.39 bits per heavy atom. The summed E-state index contributed by atoms with van der Waals surface area (Å²) >= 11 is 0. The van der Waals surface area contributed by atoms with E-state index in [1.54, 1.807) is 30.3 Å². The first-order chi connectivity index (χ1) is 19.9. The highest BCUT2D eigenvalue weighted by atomic mass is 32.2. The molecule has 7 nitrogen and oxygen atoms in total. The Balaban J connectivity index is 1.28. The molecule has 0 bridgehead atoms. The topological polar surface area (TPSA) is 88.1 Å². The molecule has 214 valence electrons. The van der Waals surface area contributed by atoms with Crippen LogP contribution in [0.1, 0.15) is 46.6 Å². The molecule has 3 unspecified atom stereocenters. The second-order valence-electron chi connectivity index (χ2n) is 10.4. The van der Waals surface area contributed by atoms with E-state index in [0.29, 0.717) is 6.42 Å². The Labute approximate surface area is 242 Å². The van der Waals surface area contributed by atoms with Gasteiger partial charge in [-0.25, -0.2) is 13.1 Å². The predicted molar refractivity (Wildman–Crippen MR) is 158 cm³/mol. The number of nitrogens with one attached hydrogen (secondary N) is 1. The van der Waals surface area contributed by atoms with Crippen LogP contribution in [0.5, 0.6) is 0 Å². The van der Waals surface area contributed by atoms with Crippen molar-refractivity contribution in [2.24, 2.45) is 0 Å². The van der Waals surface area contributed by atoms with Gasteiger partial charge >= 0.3 is 0 Å². The molecule has 0 amide bonds. The van der Waals surface area contributed by atoms with Gasteiger partial charge in [0.2, 0.25) is 10.0 Å². The third-order valence-corrected chi connectivity index (χ3v) is 8.61. The van der Waals surface area contributed by atoms with Gasteiger partial charge in [0.25, 0.3) is 0 Å². The van der Waals surface area contributed by atoms with Crippen LogP contribution in [0, 0.1) is 0 Å². The summed E-state index contributed by atoms with van der Waals surface area (Å²) in [5.74, 6) is 0. The van der Waals surface area contributed by atoms with E-state index < -0.39 is 16.3 Å². The van der Waals surface area contributed by atoms with E-state index in [1.807, 2.05) is 66.7 Å². The lowest BCUT2D eigenvalue weighted by molar-refractivity contribution is -0.252. The van der Waals surface area contributed by atoms with E-state index in [9.17, 15) is 13.5 Å². The number of aliphatic hydroxyl groups is 1. The largest absolute Gasteiger partial charge is 0.392 e. The highest BCUT2D eigenvalue weighted by Crippen LogP contribution is 2.38. The molecule has 4 aromatic rings. The van der Waals surface area contributed by atoms with Gasteiger partial charge in [-0.15, -0.1) is 0 Å². The quantitative estimate of drug-likeness (QED) is 0.253. The van der Waals surface area contributed by atoms with E-state index in [2.05, 4.69) is 28.8 Å². The molecule has 1 heterocycles. The Kier molecular flexibility index (Phi) is 9.61. The summed E-state index contributed by atoms with van der Waals surface area (Å²) in [7, 11) is -1.50. The first kappa shape index (κ1) is 29.1. The number of rotatable bonds is 11. The lowest BCUT2D eigenvalue weighted by atomic mass is 9.99. The zero-order valence-electron chi connectivity index (χ0n) is 23.1. The highest BCUT2D eigenvalue weighted by molar-refractivity contribution is 7.89. The maximum Gasteiger partial charge on any atom is 0.240 e. The van der Waals surface area contributed by atoms with Crippen molar-refractivity contribution in [1.82, 2.24) is 9.62 Å². The molecule has 4 aromatic carbocycles. The molecule has 0 saturated carbocycles. The van der Waals surface area contributed by atoms with Gasteiger partial charge in [-0.05, 0) is 41.4 Å². The number of benzene rings is 4. The summed E-state index contributed by atoms with van der Waals surface area (Å²) in [6, 6.07) is 34.2. The summed E-state index contributed by atoms with van der Waals surface area (Å²) < 4.78 is 40.8. The summed E-state index contributed by atoms with van der Waals surface area (Å²) in [6.45, 7) is 1.73. The molecule has 1 saturated heterocycles. The lowest BCUT2D eigenvalue weighted by Crippen LogP contribution is -2.37. The van der Waals surface area contributed by atoms with Crippen LogP contribution in [-0.4, -0.2) is 38.1 Å². The number of nitrogens with zero attached hydrogens (tertiary/aromatic N) is 1. The molecule has 0 spiro atoms. The van der Waals surface area contributed by atoms with Crippen LogP contribution >= 0.6 is 0 Å². The summed E-state index contributed by atoms with van der Waals surface area (Å²) in [5.41, 5.74) is 4.84. The minimum atomic E-state index is -3.59. The van der Waals surface area contributed by atoms with Gasteiger partial charge in [-0.1, -0.05) is 97.1 Å². The number of hydrogen-bond donors (Lipinski definition) is 2. The molecule has 1 aliphatic rings. The van der Waals surface area contributed by atoms with Crippen molar-refractivity contribution in [2.45, 2.75) is 49.5 Å². The van der Waals surface area contributed by atoms with Crippen LogP contribution in [0.3, 0.4) is 0 Å². The third kappa shape index (κ3) is 7.89. The van der Waals surface area contributed by atoms with E-state index in [4.69, 9.17) is 9.47 Å². The smallest absolute Gasteiger partial charge is 0.240 e. The SMILES string of the molecule is CN(Cc1ccccc1)CC1CC(c2ccc(CO)cc2)OC(c2ccc(CNS(=O)(=O)c3ccccc3)cc2)O1. The van der Waals surface area contributed by atoms with Gasteiger partial charge in [0.1, 0.15) is 0 Å². The summed E-state index contributed by atoms with van der Waals surface area (Å²) in [5, 5.41) is 9.46. The molecule has 1 fully saturated rings. The second kappa shape index (κ2) is 13.5. The van der Waals surface area contributed by atoms with Crippen molar-refractivity contribution >= 4 is 10.0 Å². The van der Waals surface area contributed by atoms with Gasteiger partial charge < -0.3 is 14.6 Å². The maximum atomic E-state index is 12.6. The number of aliphatic hydroxyl groups excluding tert-OH is 1. The highest BCUT2D eigenvalue weighted by Gasteiger charge is 2.32. The van der Waals surface area contributed by atoms with Crippen LogP contribution in [0.2, 0.25) is 0 Å². The monoisotopic (exact) mass is 572 g/mol. The van der Waals surface area contributed by atoms with Crippen LogP contribution in [0.4, 0.5) is 0 Å². The number of ether oxygens (including phenoxy) is 2. The normalized spacial score (nSPS) is 19.3. The van der Waals surface area contributed by atoms with E-state index in [0.717, 1.165) is 35.3 Å². The standard InChI is InChI=1S/C33H36N2O5S/c1-35(22-26-8-4-2-5-9-26)23-30-20-32(28-16-14-27(24-36)15-17-28)40-33(39-30)29-18-12-25(13-19-29)21-34-41(37,38)31-10-6-3-7-11-31/h2-19,30,32-34,36H,20-24H2,1H3. The van der Waals surface area contributed by atoms with Crippen molar-refractivity contribution in [3.63, 3.8) is 0 Å². The Morgan fingerprint density at radius 3 is 2.05 bits per heavy atom. The van der Waals surface area contributed by atoms with Crippen molar-refractivity contribution < 1.29 is 23.0 Å². The van der Waals surface area contributed by atoms with E-state index >= 15 is 0 Å². The van der Waals surface area contributed by atoms with Crippen molar-refractivity contribution in [1.29, 1.82) is 0 Å². The Morgan fingerprint density at radius 1 is 0.780 bits per heavy atom. The lowest BCUT2D eigenvalue weighted by Gasteiger charge is -2.38. The van der Waals surface area contributed by atoms with Gasteiger partial charge in [-0.2, -0.15) is 0 Å². The zero-order chi connectivity index (χ0) is 28.7. The number of hydrogen-bond acceptors (Lipinski definition) is 6. The molecular formula is C33H36N2O5S. The fourth-order valence-corrected chi connectivity index (χ4v) is 6.03. The fourth-order valence-electron chi connectivity index (χ4n) is 4.99. The van der Waals surface area contributed by atoms with Crippen LogP contribution < -0.4 is 4.72 Å². The van der Waals surface area contributed by atoms with Crippen molar-refractivity contribution in [2.75, 3.05) is 13.6 Å². The van der Waals surface area contributed by atoms with Gasteiger partial charge in [0, 0.05) is 31.6 Å². The average Bonchev–Trinajstić information content (AvgIpc) is 3.01. The van der Waals surface area contributed by atoms with Crippen molar-refractivity contribution in [3.05, 3.63) is 137 Å².